The molecule has 0 fully saturated rings. The van der Waals surface area contributed by atoms with E-state index in [9.17, 15) is 0 Å². The summed E-state index contributed by atoms with van der Waals surface area (Å²) in [5, 5.41) is 0. The standard InChI is InChI=1S/C15H18Br2N2S/c1-10-13(17)7-15(20-10)14(8-18)19(2)9-11-3-5-12(16)6-4-11/h3-7,14H,8-9,18H2,1-2H3. The molecule has 0 bridgehead atoms. The van der Waals surface area contributed by atoms with Gasteiger partial charge in [0.2, 0.25) is 0 Å². The minimum atomic E-state index is 0.258. The number of rotatable bonds is 5. The van der Waals surface area contributed by atoms with E-state index in [0.29, 0.717) is 6.54 Å². The van der Waals surface area contributed by atoms with Crippen LogP contribution in [0.25, 0.3) is 0 Å². The number of aryl methyl sites for hydroxylation is 1. The van der Waals surface area contributed by atoms with Crippen LogP contribution in [-0.2, 0) is 6.54 Å². The number of likely N-dealkylation sites (N-methyl/N-ethyl adjacent to an activating group) is 1. The maximum Gasteiger partial charge on any atom is 0.0565 e. The topological polar surface area (TPSA) is 29.3 Å². The molecule has 2 N–H and O–H groups in total. The summed E-state index contributed by atoms with van der Waals surface area (Å²) in [5.74, 6) is 0. The van der Waals surface area contributed by atoms with Crippen molar-refractivity contribution < 1.29 is 0 Å². The Balaban J connectivity index is 2.12. The van der Waals surface area contributed by atoms with Crippen molar-refractivity contribution >= 4 is 43.2 Å². The van der Waals surface area contributed by atoms with Gasteiger partial charge in [-0.25, -0.2) is 0 Å². The summed E-state index contributed by atoms with van der Waals surface area (Å²) in [5.41, 5.74) is 7.28. The van der Waals surface area contributed by atoms with Gasteiger partial charge < -0.3 is 5.73 Å². The Labute approximate surface area is 141 Å². The van der Waals surface area contributed by atoms with Crippen LogP contribution in [-0.4, -0.2) is 18.5 Å². The van der Waals surface area contributed by atoms with E-state index >= 15 is 0 Å². The van der Waals surface area contributed by atoms with Crippen LogP contribution < -0.4 is 5.73 Å². The molecule has 0 aliphatic heterocycles. The van der Waals surface area contributed by atoms with Crippen LogP contribution in [0.15, 0.2) is 39.3 Å². The molecule has 2 rings (SSSR count). The Hall–Kier alpha value is -0.200. The minimum Gasteiger partial charge on any atom is -0.329 e. The van der Waals surface area contributed by atoms with Gasteiger partial charge in [0.05, 0.1) is 6.04 Å². The summed E-state index contributed by atoms with van der Waals surface area (Å²) in [6.45, 7) is 3.64. The average molecular weight is 418 g/mol. The molecule has 0 saturated heterocycles. The van der Waals surface area contributed by atoms with Gasteiger partial charge >= 0.3 is 0 Å². The maximum atomic E-state index is 5.99. The number of benzene rings is 1. The molecule has 1 aromatic carbocycles. The Morgan fingerprint density at radius 1 is 1.25 bits per heavy atom. The van der Waals surface area contributed by atoms with Crippen molar-refractivity contribution in [3.8, 4) is 0 Å². The molecule has 5 heteroatoms. The highest BCUT2D eigenvalue weighted by Crippen LogP contribution is 2.33. The van der Waals surface area contributed by atoms with E-state index in [4.69, 9.17) is 5.73 Å². The van der Waals surface area contributed by atoms with Crippen LogP contribution in [0, 0.1) is 6.92 Å². The molecular weight excluding hydrogens is 400 g/mol. The van der Waals surface area contributed by atoms with Gasteiger partial charge in [-0.1, -0.05) is 28.1 Å². The third kappa shape index (κ3) is 3.92. The first-order valence-corrected chi connectivity index (χ1v) is 8.82. The zero-order valence-electron chi connectivity index (χ0n) is 11.6. The first kappa shape index (κ1) is 16.2. The van der Waals surface area contributed by atoms with E-state index in [-0.39, 0.29) is 6.04 Å². The lowest BCUT2D eigenvalue weighted by Crippen LogP contribution is -2.29. The number of halogens is 2. The molecule has 108 valence electrons. The van der Waals surface area contributed by atoms with Gasteiger partial charge in [0.15, 0.2) is 0 Å². The first-order valence-electron chi connectivity index (χ1n) is 6.42. The smallest absolute Gasteiger partial charge is 0.0565 e. The first-order chi connectivity index (χ1) is 9.51. The highest BCUT2D eigenvalue weighted by molar-refractivity contribution is 9.10. The molecule has 0 amide bonds. The maximum absolute atomic E-state index is 5.99. The molecule has 1 unspecified atom stereocenters. The number of nitrogens with zero attached hydrogens (tertiary/aromatic N) is 1. The minimum absolute atomic E-state index is 0.258. The summed E-state index contributed by atoms with van der Waals surface area (Å²) >= 11 is 8.86. The fraction of sp³-hybridized carbons (Fsp3) is 0.333. The van der Waals surface area contributed by atoms with Crippen LogP contribution >= 0.6 is 43.2 Å². The van der Waals surface area contributed by atoms with Crippen molar-refractivity contribution in [3.63, 3.8) is 0 Å². The summed E-state index contributed by atoms with van der Waals surface area (Å²) in [4.78, 5) is 4.92. The van der Waals surface area contributed by atoms with Crippen LogP contribution in [0.1, 0.15) is 21.4 Å². The molecule has 2 nitrogen and oxygen atoms in total. The van der Waals surface area contributed by atoms with Crippen LogP contribution in [0.3, 0.4) is 0 Å². The lowest BCUT2D eigenvalue weighted by atomic mass is 10.1. The van der Waals surface area contributed by atoms with Gasteiger partial charge in [-0.15, -0.1) is 11.3 Å². The molecule has 0 spiro atoms. The van der Waals surface area contributed by atoms with Gasteiger partial charge in [-0.2, -0.15) is 0 Å². The van der Waals surface area contributed by atoms with E-state index in [1.807, 2.05) is 11.3 Å². The van der Waals surface area contributed by atoms with E-state index in [0.717, 1.165) is 11.0 Å². The third-order valence-electron chi connectivity index (χ3n) is 3.31. The van der Waals surface area contributed by atoms with Crippen molar-refractivity contribution in [2.45, 2.75) is 19.5 Å². The molecule has 1 heterocycles. The second-order valence-corrected chi connectivity index (χ2v) is 7.90. The zero-order chi connectivity index (χ0) is 14.7. The predicted octanol–water partition coefficient (Wildman–Crippen LogP) is 4.71. The van der Waals surface area contributed by atoms with Crippen LogP contribution in [0.4, 0.5) is 0 Å². The van der Waals surface area contributed by atoms with Crippen molar-refractivity contribution in [2.75, 3.05) is 13.6 Å². The number of hydrogen-bond donors (Lipinski definition) is 1. The van der Waals surface area contributed by atoms with E-state index < -0.39 is 0 Å². The van der Waals surface area contributed by atoms with Crippen LogP contribution in [0.5, 0.6) is 0 Å². The van der Waals surface area contributed by atoms with Crippen molar-refractivity contribution in [1.82, 2.24) is 4.90 Å². The molecule has 1 atom stereocenters. The average Bonchev–Trinajstić information content (AvgIpc) is 2.73. The molecule has 20 heavy (non-hydrogen) atoms. The summed E-state index contributed by atoms with van der Waals surface area (Å²) in [6, 6.07) is 10.9. The van der Waals surface area contributed by atoms with Crippen molar-refractivity contribution in [1.29, 1.82) is 0 Å². The van der Waals surface area contributed by atoms with Crippen molar-refractivity contribution in [3.05, 3.63) is 54.6 Å². The summed E-state index contributed by atoms with van der Waals surface area (Å²) < 4.78 is 2.28. The quantitative estimate of drug-likeness (QED) is 0.762. The lowest BCUT2D eigenvalue weighted by Gasteiger charge is -2.26. The van der Waals surface area contributed by atoms with Gasteiger partial charge in [-0.3, -0.25) is 4.90 Å². The van der Waals surface area contributed by atoms with E-state index in [1.54, 1.807) is 0 Å². The third-order valence-corrected chi connectivity index (χ3v) is 6.07. The SMILES string of the molecule is Cc1sc(C(CN)N(C)Cc2ccc(Br)cc2)cc1Br. The number of hydrogen-bond acceptors (Lipinski definition) is 3. The molecule has 0 aliphatic carbocycles. The number of thiophene rings is 1. The van der Waals surface area contributed by atoms with E-state index in [1.165, 1.54) is 19.8 Å². The second kappa shape index (κ2) is 7.18. The van der Waals surface area contributed by atoms with Gasteiger partial charge in [0.25, 0.3) is 0 Å². The van der Waals surface area contributed by atoms with Gasteiger partial charge in [-0.05, 0) is 53.7 Å². The second-order valence-electron chi connectivity index (χ2n) is 4.85. The molecule has 1 aromatic heterocycles. The normalized spacial score (nSPS) is 12.9. The Kier molecular flexibility index (Phi) is 5.81. The van der Waals surface area contributed by atoms with E-state index in [2.05, 4.69) is 81.1 Å². The zero-order valence-corrected chi connectivity index (χ0v) is 15.6. The largest absolute Gasteiger partial charge is 0.329 e. The lowest BCUT2D eigenvalue weighted by molar-refractivity contribution is 0.245. The fourth-order valence-corrected chi connectivity index (χ4v) is 4.15. The van der Waals surface area contributed by atoms with Crippen LogP contribution in [0.2, 0.25) is 0 Å². The Bertz CT molecular complexity index is 546. The highest BCUT2D eigenvalue weighted by atomic mass is 79.9. The Morgan fingerprint density at radius 3 is 2.40 bits per heavy atom. The number of nitrogens with two attached hydrogens (primary N) is 1. The molecule has 2 aromatic rings. The molecule has 0 saturated carbocycles. The molecular formula is C15H18Br2N2S. The monoisotopic (exact) mass is 416 g/mol. The molecule has 0 aliphatic rings. The Morgan fingerprint density at radius 2 is 1.90 bits per heavy atom. The predicted molar refractivity (Wildman–Crippen MR) is 94.2 cm³/mol. The summed E-state index contributed by atoms with van der Waals surface area (Å²) in [6.07, 6.45) is 0. The summed E-state index contributed by atoms with van der Waals surface area (Å²) in [7, 11) is 2.13. The van der Waals surface area contributed by atoms with Crippen molar-refractivity contribution in [2.24, 2.45) is 5.73 Å². The fourth-order valence-electron chi connectivity index (χ4n) is 2.15. The highest BCUT2D eigenvalue weighted by Gasteiger charge is 2.18. The van der Waals surface area contributed by atoms with Gasteiger partial charge in [0, 0.05) is 31.8 Å². The van der Waals surface area contributed by atoms with Gasteiger partial charge in [0.1, 0.15) is 0 Å². The molecule has 0 radical (unpaired) electrons.